The Labute approximate surface area is 68.6 Å². The number of aliphatic hydroxyl groups excluding tert-OH is 4. The third-order valence-corrected chi connectivity index (χ3v) is 1.93. The Morgan fingerprint density at radius 1 is 1.25 bits per heavy atom. The number of aliphatic hydroxyl groups is 5. The maximum Gasteiger partial charge on any atom is 0.219 e. The Morgan fingerprint density at radius 3 is 2.08 bits per heavy atom. The lowest BCUT2D eigenvalue weighted by Gasteiger charge is -2.22. The van der Waals surface area contributed by atoms with Crippen molar-refractivity contribution < 1.29 is 30.3 Å². The lowest BCUT2D eigenvalue weighted by Crippen LogP contribution is -2.46. The molecular weight excluding hydrogens is 168 g/mol. The molecule has 0 radical (unpaired) electrons. The first kappa shape index (κ1) is 9.85. The molecule has 72 valence electrons. The van der Waals surface area contributed by atoms with Gasteiger partial charge in [0.2, 0.25) is 5.79 Å². The summed E-state index contributed by atoms with van der Waals surface area (Å²) in [5, 5.41) is 44.7. The average Bonchev–Trinajstić information content (AvgIpc) is 2.31. The minimum Gasteiger partial charge on any atom is -0.394 e. The van der Waals surface area contributed by atoms with Gasteiger partial charge in [-0.25, -0.2) is 0 Å². The second-order valence-electron chi connectivity index (χ2n) is 2.78. The molecule has 1 saturated heterocycles. The van der Waals surface area contributed by atoms with Crippen molar-refractivity contribution in [3.8, 4) is 0 Å². The molecule has 0 aromatic carbocycles. The van der Waals surface area contributed by atoms with Gasteiger partial charge in [0.1, 0.15) is 18.3 Å². The van der Waals surface area contributed by atoms with E-state index in [1.807, 2.05) is 0 Å². The molecule has 5 N–H and O–H groups in total. The zero-order valence-corrected chi connectivity index (χ0v) is 6.29. The van der Waals surface area contributed by atoms with E-state index >= 15 is 0 Å². The van der Waals surface area contributed by atoms with Gasteiger partial charge in [-0.05, 0) is 0 Å². The van der Waals surface area contributed by atoms with Gasteiger partial charge in [0.05, 0.1) is 13.2 Å². The van der Waals surface area contributed by atoms with E-state index < -0.39 is 37.3 Å². The van der Waals surface area contributed by atoms with Crippen LogP contribution < -0.4 is 0 Å². The molecule has 6 heteroatoms. The van der Waals surface area contributed by atoms with Gasteiger partial charge >= 0.3 is 0 Å². The van der Waals surface area contributed by atoms with E-state index in [0.29, 0.717) is 0 Å². The SMILES string of the molecule is OC[C@@H]1O[C@@](O)(CO)C(O)[C@@H]1O. The zero-order chi connectivity index (χ0) is 9.35. The highest BCUT2D eigenvalue weighted by molar-refractivity contribution is 4.94. The summed E-state index contributed by atoms with van der Waals surface area (Å²) in [6.45, 7) is -1.36. The Bertz CT molecular complexity index is 162. The van der Waals surface area contributed by atoms with Crippen LogP contribution in [0.25, 0.3) is 0 Å². The van der Waals surface area contributed by atoms with Gasteiger partial charge < -0.3 is 30.3 Å². The molecule has 4 atom stereocenters. The first-order chi connectivity index (χ1) is 5.55. The maximum absolute atomic E-state index is 9.25. The van der Waals surface area contributed by atoms with E-state index in [1.54, 1.807) is 0 Å². The van der Waals surface area contributed by atoms with Crippen LogP contribution in [0, 0.1) is 0 Å². The van der Waals surface area contributed by atoms with Crippen molar-refractivity contribution >= 4 is 0 Å². The Kier molecular flexibility index (Phi) is 2.67. The monoisotopic (exact) mass is 180 g/mol. The molecule has 0 bridgehead atoms. The van der Waals surface area contributed by atoms with Crippen LogP contribution in [0.2, 0.25) is 0 Å². The number of ether oxygens (including phenoxy) is 1. The molecule has 1 unspecified atom stereocenters. The van der Waals surface area contributed by atoms with Crippen LogP contribution in [0.4, 0.5) is 0 Å². The first-order valence-electron chi connectivity index (χ1n) is 3.53. The van der Waals surface area contributed by atoms with Crippen LogP contribution in [0.3, 0.4) is 0 Å². The van der Waals surface area contributed by atoms with Gasteiger partial charge in [-0.3, -0.25) is 0 Å². The van der Waals surface area contributed by atoms with Crippen molar-refractivity contribution in [2.24, 2.45) is 0 Å². The first-order valence-corrected chi connectivity index (χ1v) is 3.53. The van der Waals surface area contributed by atoms with E-state index in [-0.39, 0.29) is 0 Å². The smallest absolute Gasteiger partial charge is 0.219 e. The van der Waals surface area contributed by atoms with Crippen LogP contribution in [-0.4, -0.2) is 62.8 Å². The van der Waals surface area contributed by atoms with Gasteiger partial charge in [-0.15, -0.1) is 0 Å². The normalized spacial score (nSPS) is 48.2. The van der Waals surface area contributed by atoms with Crippen molar-refractivity contribution in [2.45, 2.75) is 24.1 Å². The molecule has 0 aromatic heterocycles. The third kappa shape index (κ3) is 1.33. The van der Waals surface area contributed by atoms with Crippen molar-refractivity contribution in [3.05, 3.63) is 0 Å². The van der Waals surface area contributed by atoms with E-state index in [1.165, 1.54) is 0 Å². The number of hydrogen-bond donors (Lipinski definition) is 5. The molecule has 1 fully saturated rings. The Morgan fingerprint density at radius 2 is 1.83 bits per heavy atom. The standard InChI is InChI=1S/C6H12O6/c7-1-3-4(9)5(10)6(11,2-8)12-3/h3-5,7-11H,1-2H2/t3-,4+,5?,6-/m0/s1. The summed E-state index contributed by atoms with van der Waals surface area (Å²) >= 11 is 0. The molecule has 1 heterocycles. The molecule has 12 heavy (non-hydrogen) atoms. The van der Waals surface area contributed by atoms with Crippen LogP contribution in [0.15, 0.2) is 0 Å². The highest BCUT2D eigenvalue weighted by atomic mass is 16.7. The molecule has 1 aliphatic rings. The third-order valence-electron chi connectivity index (χ3n) is 1.93. The molecule has 6 nitrogen and oxygen atoms in total. The highest BCUT2D eigenvalue weighted by Crippen LogP contribution is 2.28. The average molecular weight is 180 g/mol. The molecule has 0 spiro atoms. The van der Waals surface area contributed by atoms with E-state index in [4.69, 9.17) is 20.4 Å². The van der Waals surface area contributed by atoms with Gasteiger partial charge in [0, 0.05) is 0 Å². The molecule has 0 amide bonds. The molecule has 1 rings (SSSR count). The molecular formula is C6H12O6. The quantitative estimate of drug-likeness (QED) is 0.306. The van der Waals surface area contributed by atoms with Crippen LogP contribution >= 0.6 is 0 Å². The fourth-order valence-corrected chi connectivity index (χ4v) is 1.15. The van der Waals surface area contributed by atoms with Gasteiger partial charge in [-0.1, -0.05) is 0 Å². The predicted molar refractivity (Wildman–Crippen MR) is 36.0 cm³/mol. The minimum atomic E-state index is -2.16. The van der Waals surface area contributed by atoms with E-state index in [9.17, 15) is 5.11 Å². The minimum absolute atomic E-state index is 0.527. The van der Waals surface area contributed by atoms with E-state index in [0.717, 1.165) is 0 Å². The highest BCUT2D eigenvalue weighted by Gasteiger charge is 2.52. The summed E-state index contributed by atoms with van der Waals surface area (Å²) in [4.78, 5) is 0. The largest absolute Gasteiger partial charge is 0.394 e. The Balaban J connectivity index is 2.72. The van der Waals surface area contributed by atoms with Crippen molar-refractivity contribution in [1.29, 1.82) is 0 Å². The summed E-state index contributed by atoms with van der Waals surface area (Å²) in [7, 11) is 0. The van der Waals surface area contributed by atoms with Gasteiger partial charge in [-0.2, -0.15) is 0 Å². The second-order valence-corrected chi connectivity index (χ2v) is 2.78. The predicted octanol–water partition coefficient (Wildman–Crippen LogP) is -3.22. The molecule has 0 aromatic rings. The summed E-state index contributed by atoms with van der Waals surface area (Å²) in [5.41, 5.74) is 0. The maximum atomic E-state index is 9.25. The van der Waals surface area contributed by atoms with Crippen LogP contribution in [0.1, 0.15) is 0 Å². The van der Waals surface area contributed by atoms with Gasteiger partial charge in [0.15, 0.2) is 0 Å². The van der Waals surface area contributed by atoms with Crippen molar-refractivity contribution in [3.63, 3.8) is 0 Å². The molecule has 1 aliphatic heterocycles. The van der Waals surface area contributed by atoms with E-state index in [2.05, 4.69) is 4.74 Å². The lowest BCUT2D eigenvalue weighted by molar-refractivity contribution is -0.248. The number of rotatable bonds is 2. The summed E-state index contributed by atoms with van der Waals surface area (Å²) in [6, 6.07) is 0. The number of hydrogen-bond acceptors (Lipinski definition) is 6. The Hall–Kier alpha value is -0.240. The van der Waals surface area contributed by atoms with Crippen LogP contribution in [0.5, 0.6) is 0 Å². The van der Waals surface area contributed by atoms with Crippen LogP contribution in [-0.2, 0) is 4.74 Å². The van der Waals surface area contributed by atoms with Gasteiger partial charge in [0.25, 0.3) is 0 Å². The molecule has 0 aliphatic carbocycles. The fraction of sp³-hybridized carbons (Fsp3) is 1.00. The summed E-state index contributed by atoms with van der Waals surface area (Å²) in [6.07, 6.45) is -4.04. The molecule has 0 saturated carbocycles. The van der Waals surface area contributed by atoms with Crippen molar-refractivity contribution in [2.75, 3.05) is 13.2 Å². The van der Waals surface area contributed by atoms with Crippen molar-refractivity contribution in [1.82, 2.24) is 0 Å². The fourth-order valence-electron chi connectivity index (χ4n) is 1.15. The zero-order valence-electron chi connectivity index (χ0n) is 6.29. The summed E-state index contributed by atoms with van der Waals surface area (Å²) in [5.74, 6) is -2.16. The second kappa shape index (κ2) is 3.25. The lowest BCUT2D eigenvalue weighted by atomic mass is 10.1. The topological polar surface area (TPSA) is 110 Å². The summed E-state index contributed by atoms with van der Waals surface area (Å²) < 4.78 is 4.63.